The van der Waals surface area contributed by atoms with E-state index in [2.05, 4.69) is 31.0 Å². The summed E-state index contributed by atoms with van der Waals surface area (Å²) in [7, 11) is 0. The van der Waals surface area contributed by atoms with Crippen molar-refractivity contribution in [2.45, 2.75) is 0 Å². The largest absolute Gasteiger partial charge is 0.366 e. The van der Waals surface area contributed by atoms with Gasteiger partial charge < -0.3 is 10.7 Å². The Morgan fingerprint density at radius 1 is 1.17 bits per heavy atom. The number of carbonyl (C=O) groups excluding carboxylic acids is 1. The third kappa shape index (κ3) is 2.48. The molecule has 0 aliphatic heterocycles. The van der Waals surface area contributed by atoms with Crippen LogP contribution in [0.3, 0.4) is 0 Å². The van der Waals surface area contributed by atoms with E-state index in [1.54, 1.807) is 23.0 Å². The van der Waals surface area contributed by atoms with E-state index < -0.39 is 5.91 Å². The summed E-state index contributed by atoms with van der Waals surface area (Å²) >= 11 is 3.42. The predicted molar refractivity (Wildman–Crippen MR) is 94.9 cm³/mol. The number of hydrogen-bond acceptors (Lipinski definition) is 3. The number of rotatable bonds is 3. The van der Waals surface area contributed by atoms with Crippen LogP contribution in [0.4, 0.5) is 0 Å². The molecule has 0 saturated carbocycles. The van der Waals surface area contributed by atoms with E-state index in [0.717, 1.165) is 21.2 Å². The summed E-state index contributed by atoms with van der Waals surface area (Å²) in [6, 6.07) is 13.1. The Kier molecular flexibility index (Phi) is 3.42. The number of para-hydroxylation sites is 1. The number of benzene rings is 2. The van der Waals surface area contributed by atoms with E-state index in [0.29, 0.717) is 16.9 Å². The number of carbonyl (C=O) groups is 1. The molecule has 2 heterocycles. The van der Waals surface area contributed by atoms with Gasteiger partial charge in [0.2, 0.25) is 0 Å². The minimum atomic E-state index is -0.496. The van der Waals surface area contributed by atoms with Crippen molar-refractivity contribution in [2.24, 2.45) is 5.73 Å². The summed E-state index contributed by atoms with van der Waals surface area (Å²) in [6.07, 6.45) is 3.61. The van der Waals surface area contributed by atoms with Gasteiger partial charge in [0.15, 0.2) is 0 Å². The molecule has 4 aromatic rings. The number of halogens is 1. The highest BCUT2D eigenvalue weighted by molar-refractivity contribution is 9.10. The maximum atomic E-state index is 11.5. The van der Waals surface area contributed by atoms with Crippen molar-refractivity contribution >= 4 is 32.9 Å². The number of primary amides is 1. The molecule has 2 aromatic heterocycles. The van der Waals surface area contributed by atoms with Gasteiger partial charge in [0.1, 0.15) is 11.3 Å². The fourth-order valence-electron chi connectivity index (χ4n) is 2.55. The van der Waals surface area contributed by atoms with Crippen molar-refractivity contribution in [3.8, 4) is 17.1 Å². The lowest BCUT2D eigenvalue weighted by atomic mass is 10.2. The van der Waals surface area contributed by atoms with Gasteiger partial charge in [-0.1, -0.05) is 22.0 Å². The van der Waals surface area contributed by atoms with Gasteiger partial charge in [0.25, 0.3) is 5.91 Å². The average Bonchev–Trinajstić information content (AvgIpc) is 3.21. The highest BCUT2D eigenvalue weighted by atomic mass is 79.9. The Morgan fingerprint density at radius 2 is 1.96 bits per heavy atom. The molecule has 24 heavy (non-hydrogen) atoms. The molecular weight excluding hydrogens is 370 g/mol. The van der Waals surface area contributed by atoms with Crippen LogP contribution in [0.2, 0.25) is 0 Å². The Morgan fingerprint density at radius 3 is 2.71 bits per heavy atom. The number of imidazole rings is 1. The molecule has 0 radical (unpaired) electrons. The van der Waals surface area contributed by atoms with Crippen LogP contribution in [0.1, 0.15) is 10.4 Å². The number of nitrogens with one attached hydrogen (secondary N) is 1. The number of aromatic nitrogens is 4. The SMILES string of the molecule is NC(=O)c1cccc2[nH]c(-c3cnn(-c4ccc(Br)cc4)c3)nc12. The molecule has 3 N–H and O–H groups in total. The predicted octanol–water partition coefficient (Wildman–Crippen LogP) is 3.28. The lowest BCUT2D eigenvalue weighted by Crippen LogP contribution is -2.11. The summed E-state index contributed by atoms with van der Waals surface area (Å²) in [4.78, 5) is 19.2. The topological polar surface area (TPSA) is 89.6 Å². The van der Waals surface area contributed by atoms with Crippen molar-refractivity contribution in [3.05, 3.63) is 64.9 Å². The van der Waals surface area contributed by atoms with Gasteiger partial charge in [-0.2, -0.15) is 5.10 Å². The van der Waals surface area contributed by atoms with Gasteiger partial charge in [0, 0.05) is 10.7 Å². The zero-order valence-electron chi connectivity index (χ0n) is 12.4. The number of aromatic amines is 1. The van der Waals surface area contributed by atoms with Gasteiger partial charge in [-0.05, 0) is 36.4 Å². The number of nitrogens with two attached hydrogens (primary N) is 1. The smallest absolute Gasteiger partial charge is 0.250 e. The van der Waals surface area contributed by atoms with Crippen LogP contribution in [-0.2, 0) is 0 Å². The average molecular weight is 382 g/mol. The number of hydrogen-bond donors (Lipinski definition) is 2. The number of nitrogens with zero attached hydrogens (tertiary/aromatic N) is 3. The van der Waals surface area contributed by atoms with Crippen LogP contribution in [0.15, 0.2) is 59.3 Å². The number of H-pyrrole nitrogens is 1. The first kappa shape index (κ1) is 14.6. The molecule has 0 spiro atoms. The summed E-state index contributed by atoms with van der Waals surface area (Å²) in [6.45, 7) is 0. The third-order valence-electron chi connectivity index (χ3n) is 3.73. The van der Waals surface area contributed by atoms with Crippen LogP contribution >= 0.6 is 15.9 Å². The van der Waals surface area contributed by atoms with E-state index in [1.165, 1.54) is 0 Å². The van der Waals surface area contributed by atoms with E-state index in [-0.39, 0.29) is 0 Å². The van der Waals surface area contributed by atoms with Crippen LogP contribution in [0, 0.1) is 0 Å². The molecule has 0 saturated heterocycles. The fourth-order valence-corrected chi connectivity index (χ4v) is 2.81. The maximum Gasteiger partial charge on any atom is 0.250 e. The monoisotopic (exact) mass is 381 g/mol. The van der Waals surface area contributed by atoms with Gasteiger partial charge >= 0.3 is 0 Å². The number of fused-ring (bicyclic) bond motifs is 1. The Hall–Kier alpha value is -2.93. The van der Waals surface area contributed by atoms with Crippen molar-refractivity contribution in [2.75, 3.05) is 0 Å². The van der Waals surface area contributed by atoms with Crippen LogP contribution in [0.25, 0.3) is 28.1 Å². The molecule has 4 rings (SSSR count). The van der Waals surface area contributed by atoms with E-state index in [9.17, 15) is 4.79 Å². The second-order valence-corrected chi connectivity index (χ2v) is 6.22. The highest BCUT2D eigenvalue weighted by Crippen LogP contribution is 2.23. The molecule has 0 fully saturated rings. The van der Waals surface area contributed by atoms with Gasteiger partial charge in [-0.3, -0.25) is 4.79 Å². The van der Waals surface area contributed by atoms with Crippen LogP contribution in [-0.4, -0.2) is 25.7 Å². The van der Waals surface area contributed by atoms with Gasteiger partial charge in [-0.25, -0.2) is 9.67 Å². The molecule has 0 aliphatic carbocycles. The first-order chi connectivity index (χ1) is 11.6. The molecule has 7 heteroatoms. The molecular formula is C17H12BrN5O. The Labute approximate surface area is 145 Å². The van der Waals surface area contributed by atoms with Crippen molar-refractivity contribution < 1.29 is 4.79 Å². The normalized spacial score (nSPS) is 11.0. The van der Waals surface area contributed by atoms with Gasteiger partial charge in [-0.15, -0.1) is 0 Å². The van der Waals surface area contributed by atoms with Crippen molar-refractivity contribution in [3.63, 3.8) is 0 Å². The number of amides is 1. The zero-order chi connectivity index (χ0) is 16.7. The Balaban J connectivity index is 1.77. The summed E-state index contributed by atoms with van der Waals surface area (Å²) in [5.74, 6) is 0.145. The standard InChI is InChI=1S/C17H12BrN5O/c18-11-4-6-12(7-5-11)23-9-10(8-20-23)17-21-14-3-1-2-13(16(19)24)15(14)22-17/h1-9H,(H2,19,24)(H,21,22). The van der Waals surface area contributed by atoms with Crippen LogP contribution < -0.4 is 5.73 Å². The Bertz CT molecular complexity index is 1050. The maximum absolute atomic E-state index is 11.5. The van der Waals surface area contributed by atoms with Gasteiger partial charge in [0.05, 0.1) is 28.5 Å². The molecule has 1 amide bonds. The molecule has 118 valence electrons. The summed E-state index contributed by atoms with van der Waals surface area (Å²) in [5.41, 5.74) is 8.90. The molecule has 0 atom stereocenters. The first-order valence-corrected chi connectivity index (χ1v) is 8.00. The van der Waals surface area contributed by atoms with E-state index >= 15 is 0 Å². The minimum Gasteiger partial charge on any atom is -0.366 e. The molecule has 0 bridgehead atoms. The van der Waals surface area contributed by atoms with Crippen molar-refractivity contribution in [1.82, 2.24) is 19.7 Å². The minimum absolute atomic E-state index is 0.398. The van der Waals surface area contributed by atoms with E-state index in [4.69, 9.17) is 5.73 Å². The molecule has 0 aliphatic rings. The zero-order valence-corrected chi connectivity index (χ0v) is 14.0. The van der Waals surface area contributed by atoms with E-state index in [1.807, 2.05) is 36.5 Å². The van der Waals surface area contributed by atoms with Crippen LogP contribution in [0.5, 0.6) is 0 Å². The second-order valence-electron chi connectivity index (χ2n) is 5.30. The molecule has 0 unspecified atom stereocenters. The fraction of sp³-hybridized carbons (Fsp3) is 0. The first-order valence-electron chi connectivity index (χ1n) is 7.21. The highest BCUT2D eigenvalue weighted by Gasteiger charge is 2.13. The lowest BCUT2D eigenvalue weighted by molar-refractivity contribution is 0.100. The third-order valence-corrected chi connectivity index (χ3v) is 4.25. The van der Waals surface area contributed by atoms with Crippen molar-refractivity contribution in [1.29, 1.82) is 0 Å². The molecule has 6 nitrogen and oxygen atoms in total. The quantitative estimate of drug-likeness (QED) is 0.570. The summed E-state index contributed by atoms with van der Waals surface area (Å²) < 4.78 is 2.78. The second kappa shape index (κ2) is 5.61. The summed E-state index contributed by atoms with van der Waals surface area (Å²) in [5, 5.41) is 4.37. The molecule has 2 aromatic carbocycles. The lowest BCUT2D eigenvalue weighted by Gasteiger charge is -2.00.